The molecule has 1 aliphatic rings. The van der Waals surface area contributed by atoms with Gasteiger partial charge in [-0.3, -0.25) is 4.79 Å². The van der Waals surface area contributed by atoms with Gasteiger partial charge in [-0.05, 0) is 24.1 Å². The van der Waals surface area contributed by atoms with Gasteiger partial charge in [0, 0.05) is 6.54 Å². The van der Waals surface area contributed by atoms with Crippen molar-refractivity contribution in [2.75, 3.05) is 26.8 Å². The third-order valence-corrected chi connectivity index (χ3v) is 4.03. The number of unbranched alkanes of at least 4 members (excludes halogenated alkanes) is 1. The fourth-order valence-corrected chi connectivity index (χ4v) is 2.67. The summed E-state index contributed by atoms with van der Waals surface area (Å²) < 4.78 is 11.1. The van der Waals surface area contributed by atoms with E-state index in [1.807, 2.05) is 29.2 Å². The molecule has 0 bridgehead atoms. The molecule has 23 heavy (non-hydrogen) atoms. The van der Waals surface area contributed by atoms with Crippen LogP contribution in [0.25, 0.3) is 0 Å². The van der Waals surface area contributed by atoms with Crippen molar-refractivity contribution in [3.63, 3.8) is 0 Å². The van der Waals surface area contributed by atoms with Gasteiger partial charge in [0.05, 0.1) is 26.3 Å². The van der Waals surface area contributed by atoms with Gasteiger partial charge in [-0.1, -0.05) is 31.9 Å². The highest BCUT2D eigenvalue weighted by Crippen LogP contribution is 2.25. The lowest BCUT2D eigenvalue weighted by Crippen LogP contribution is -2.49. The number of ether oxygens (including phenoxy) is 2. The molecule has 2 atom stereocenters. The van der Waals surface area contributed by atoms with Crippen molar-refractivity contribution < 1.29 is 14.3 Å². The highest BCUT2D eigenvalue weighted by molar-refractivity contribution is 5.85. The molecular formula is C17H27ClN2O3. The van der Waals surface area contributed by atoms with Crippen LogP contribution in [0, 0.1) is 0 Å². The maximum absolute atomic E-state index is 12.4. The van der Waals surface area contributed by atoms with Crippen LogP contribution in [-0.2, 0) is 9.53 Å². The minimum atomic E-state index is -0.399. The zero-order chi connectivity index (χ0) is 15.9. The number of hydrogen-bond donors (Lipinski definition) is 1. The van der Waals surface area contributed by atoms with Crippen LogP contribution >= 0.6 is 12.4 Å². The fourth-order valence-electron chi connectivity index (χ4n) is 2.67. The predicted octanol–water partition coefficient (Wildman–Crippen LogP) is 2.53. The van der Waals surface area contributed by atoms with E-state index < -0.39 is 6.04 Å². The first-order chi connectivity index (χ1) is 10.7. The second-order valence-electron chi connectivity index (χ2n) is 5.67. The minimum Gasteiger partial charge on any atom is -0.497 e. The molecule has 1 amide bonds. The summed E-state index contributed by atoms with van der Waals surface area (Å²) in [7, 11) is 1.64. The summed E-state index contributed by atoms with van der Waals surface area (Å²) in [6.45, 7) is 3.80. The molecular weight excluding hydrogens is 316 g/mol. The second kappa shape index (κ2) is 9.75. The molecule has 0 aromatic heterocycles. The normalized spacial score (nSPS) is 18.9. The summed E-state index contributed by atoms with van der Waals surface area (Å²) in [5, 5.41) is 0. The molecule has 2 unspecified atom stereocenters. The summed E-state index contributed by atoms with van der Waals surface area (Å²) in [6.07, 6.45) is 2.66. The number of hydrogen-bond acceptors (Lipinski definition) is 4. The number of nitrogens with zero attached hydrogens (tertiary/aromatic N) is 1. The average molecular weight is 343 g/mol. The van der Waals surface area contributed by atoms with Crippen molar-refractivity contribution in [1.82, 2.24) is 4.90 Å². The Morgan fingerprint density at radius 3 is 3.00 bits per heavy atom. The van der Waals surface area contributed by atoms with Gasteiger partial charge in [0.25, 0.3) is 0 Å². The highest BCUT2D eigenvalue weighted by atomic mass is 35.5. The van der Waals surface area contributed by atoms with Gasteiger partial charge >= 0.3 is 0 Å². The minimum absolute atomic E-state index is 0. The number of rotatable bonds is 6. The number of benzene rings is 1. The Bertz CT molecular complexity index is 498. The van der Waals surface area contributed by atoms with Crippen LogP contribution in [0.4, 0.5) is 0 Å². The van der Waals surface area contributed by atoms with E-state index in [0.29, 0.717) is 19.7 Å². The van der Waals surface area contributed by atoms with E-state index >= 15 is 0 Å². The summed E-state index contributed by atoms with van der Waals surface area (Å²) in [5.74, 6) is 0.828. The molecule has 0 radical (unpaired) electrons. The zero-order valence-corrected chi connectivity index (χ0v) is 14.7. The molecule has 1 heterocycles. The molecule has 1 aliphatic heterocycles. The third kappa shape index (κ3) is 5.37. The Balaban J connectivity index is 0.00000264. The summed E-state index contributed by atoms with van der Waals surface area (Å²) in [5.41, 5.74) is 7.04. The largest absolute Gasteiger partial charge is 0.497 e. The molecule has 130 valence electrons. The molecule has 6 heteroatoms. The van der Waals surface area contributed by atoms with Crippen LogP contribution in [0.1, 0.15) is 37.9 Å². The number of carbonyl (C=O) groups is 1. The Kier molecular flexibility index (Phi) is 8.37. The standard InChI is InChI=1S/C17H26N2O3.ClH/c1-3-4-8-15(18)17(20)19-9-10-22-16(12-19)13-6-5-7-14(11-13)21-2;/h5-7,11,15-16H,3-4,8-10,12,18H2,1-2H3;1H. The van der Waals surface area contributed by atoms with Crippen LogP contribution in [0.3, 0.4) is 0 Å². The van der Waals surface area contributed by atoms with Crippen molar-refractivity contribution in [2.24, 2.45) is 5.73 Å². The molecule has 0 spiro atoms. The van der Waals surface area contributed by atoms with Gasteiger partial charge in [-0.25, -0.2) is 0 Å². The SMILES string of the molecule is CCCCC(N)C(=O)N1CCOC(c2cccc(OC)c2)C1.Cl. The molecule has 0 saturated carbocycles. The Morgan fingerprint density at radius 2 is 2.30 bits per heavy atom. The molecule has 2 N–H and O–H groups in total. The van der Waals surface area contributed by atoms with Gasteiger partial charge in [0.2, 0.25) is 5.91 Å². The second-order valence-corrected chi connectivity index (χ2v) is 5.67. The lowest BCUT2D eigenvalue weighted by Gasteiger charge is -2.34. The molecule has 1 saturated heterocycles. The monoisotopic (exact) mass is 342 g/mol. The average Bonchev–Trinajstić information content (AvgIpc) is 2.59. The third-order valence-electron chi connectivity index (χ3n) is 4.03. The van der Waals surface area contributed by atoms with Gasteiger partial charge < -0.3 is 20.1 Å². The molecule has 1 fully saturated rings. The van der Waals surface area contributed by atoms with E-state index in [-0.39, 0.29) is 24.4 Å². The first-order valence-electron chi connectivity index (χ1n) is 7.95. The molecule has 2 rings (SSSR count). The van der Waals surface area contributed by atoms with Gasteiger partial charge in [-0.15, -0.1) is 12.4 Å². The van der Waals surface area contributed by atoms with Crippen molar-refractivity contribution in [3.05, 3.63) is 29.8 Å². The van der Waals surface area contributed by atoms with Crippen LogP contribution in [-0.4, -0.2) is 43.7 Å². The van der Waals surface area contributed by atoms with Crippen molar-refractivity contribution >= 4 is 18.3 Å². The number of carbonyl (C=O) groups excluding carboxylic acids is 1. The quantitative estimate of drug-likeness (QED) is 0.862. The lowest BCUT2D eigenvalue weighted by atomic mass is 10.1. The Hall–Kier alpha value is -1.30. The number of methoxy groups -OCH3 is 1. The summed E-state index contributed by atoms with van der Waals surface area (Å²) in [4.78, 5) is 14.3. The van der Waals surface area contributed by atoms with E-state index in [1.165, 1.54) is 0 Å². The van der Waals surface area contributed by atoms with Gasteiger partial charge in [0.15, 0.2) is 0 Å². The number of halogens is 1. The van der Waals surface area contributed by atoms with Crippen molar-refractivity contribution in [3.8, 4) is 5.75 Å². The maximum Gasteiger partial charge on any atom is 0.239 e. The van der Waals surface area contributed by atoms with Crippen LogP contribution in [0.15, 0.2) is 24.3 Å². The number of morpholine rings is 1. The lowest BCUT2D eigenvalue weighted by molar-refractivity contribution is -0.140. The van der Waals surface area contributed by atoms with Crippen LogP contribution in [0.2, 0.25) is 0 Å². The van der Waals surface area contributed by atoms with Crippen LogP contribution in [0.5, 0.6) is 5.75 Å². The number of amides is 1. The maximum atomic E-state index is 12.4. The molecule has 1 aromatic rings. The smallest absolute Gasteiger partial charge is 0.239 e. The van der Waals surface area contributed by atoms with Gasteiger partial charge in [-0.2, -0.15) is 0 Å². The molecule has 0 aliphatic carbocycles. The van der Waals surface area contributed by atoms with Crippen molar-refractivity contribution in [2.45, 2.75) is 38.3 Å². The first kappa shape index (κ1) is 19.7. The Labute approximate surface area is 144 Å². The summed E-state index contributed by atoms with van der Waals surface area (Å²) in [6, 6.07) is 7.39. The van der Waals surface area contributed by atoms with Crippen molar-refractivity contribution in [1.29, 1.82) is 0 Å². The molecule has 5 nitrogen and oxygen atoms in total. The van der Waals surface area contributed by atoms with E-state index in [2.05, 4.69) is 6.92 Å². The van der Waals surface area contributed by atoms with Crippen LogP contribution < -0.4 is 10.5 Å². The van der Waals surface area contributed by atoms with E-state index in [9.17, 15) is 4.79 Å². The highest BCUT2D eigenvalue weighted by Gasteiger charge is 2.28. The zero-order valence-electron chi connectivity index (χ0n) is 13.9. The fraction of sp³-hybridized carbons (Fsp3) is 0.588. The van der Waals surface area contributed by atoms with E-state index in [4.69, 9.17) is 15.2 Å². The Morgan fingerprint density at radius 1 is 1.52 bits per heavy atom. The predicted molar refractivity (Wildman–Crippen MR) is 93.0 cm³/mol. The molecule has 1 aromatic carbocycles. The van der Waals surface area contributed by atoms with E-state index in [0.717, 1.165) is 30.6 Å². The first-order valence-corrected chi connectivity index (χ1v) is 7.95. The van der Waals surface area contributed by atoms with Gasteiger partial charge in [0.1, 0.15) is 11.9 Å². The number of nitrogens with two attached hydrogens (primary N) is 1. The van der Waals surface area contributed by atoms with E-state index in [1.54, 1.807) is 7.11 Å². The topological polar surface area (TPSA) is 64.8 Å². The summed E-state index contributed by atoms with van der Waals surface area (Å²) >= 11 is 0.